The summed E-state index contributed by atoms with van der Waals surface area (Å²) in [5, 5.41) is 2.84. The van der Waals surface area contributed by atoms with E-state index in [-0.39, 0.29) is 31.4 Å². The zero-order valence-electron chi connectivity index (χ0n) is 21.7. The van der Waals surface area contributed by atoms with Gasteiger partial charge in [0.2, 0.25) is 28.6 Å². The van der Waals surface area contributed by atoms with Crippen LogP contribution in [0.15, 0.2) is 77.3 Å². The molecule has 0 spiro atoms. The van der Waals surface area contributed by atoms with E-state index in [4.69, 9.17) is 9.47 Å². The highest BCUT2D eigenvalue weighted by Gasteiger charge is 2.33. The largest absolute Gasteiger partial charge is 0.454 e. The van der Waals surface area contributed by atoms with E-state index in [0.29, 0.717) is 18.0 Å². The first kappa shape index (κ1) is 28.4. The van der Waals surface area contributed by atoms with Gasteiger partial charge in [-0.15, -0.1) is 0 Å². The first-order valence-corrected chi connectivity index (χ1v) is 15.0. The van der Waals surface area contributed by atoms with Crippen molar-refractivity contribution in [2.24, 2.45) is 0 Å². The lowest BCUT2D eigenvalue weighted by molar-refractivity contribution is -0.140. The molecule has 3 aromatic rings. The first-order chi connectivity index (χ1) is 18.7. The molecule has 1 atom stereocenters. The van der Waals surface area contributed by atoms with E-state index < -0.39 is 28.5 Å². The number of benzene rings is 3. The number of hydrogen-bond acceptors (Lipinski definition) is 6. The SMILES string of the molecule is CCNC(=O)C(Cc1ccccc1)N(Cc1cccc(Br)c1)C(=O)CN(c1ccc2c(c1)OCO2)S(C)(=O)=O. The molecule has 0 fully saturated rings. The van der Waals surface area contributed by atoms with E-state index in [1.165, 1.54) is 11.0 Å². The molecule has 11 heteroatoms. The summed E-state index contributed by atoms with van der Waals surface area (Å²) >= 11 is 3.46. The number of fused-ring (bicyclic) bond motifs is 1. The molecule has 1 aliphatic heterocycles. The minimum atomic E-state index is -3.88. The molecule has 1 aliphatic rings. The summed E-state index contributed by atoms with van der Waals surface area (Å²) in [5.74, 6) is 0.0433. The van der Waals surface area contributed by atoms with Crippen molar-refractivity contribution in [3.63, 3.8) is 0 Å². The Labute approximate surface area is 236 Å². The number of amides is 2. The average molecular weight is 617 g/mol. The van der Waals surface area contributed by atoms with Crippen LogP contribution in [-0.2, 0) is 32.6 Å². The predicted molar refractivity (Wildman–Crippen MR) is 152 cm³/mol. The van der Waals surface area contributed by atoms with E-state index >= 15 is 0 Å². The Balaban J connectivity index is 1.72. The summed E-state index contributed by atoms with van der Waals surface area (Å²) in [6, 6.07) is 20.7. The number of anilines is 1. The summed E-state index contributed by atoms with van der Waals surface area (Å²) in [6.45, 7) is 1.83. The van der Waals surface area contributed by atoms with Gasteiger partial charge < -0.3 is 19.7 Å². The smallest absolute Gasteiger partial charge is 0.244 e. The fourth-order valence-electron chi connectivity index (χ4n) is 4.33. The van der Waals surface area contributed by atoms with E-state index in [1.54, 1.807) is 12.1 Å². The highest BCUT2D eigenvalue weighted by molar-refractivity contribution is 9.10. The molecule has 39 heavy (non-hydrogen) atoms. The number of carbonyl (C=O) groups is 2. The van der Waals surface area contributed by atoms with Crippen LogP contribution >= 0.6 is 15.9 Å². The molecule has 4 rings (SSSR count). The summed E-state index contributed by atoms with van der Waals surface area (Å²) in [5.41, 5.74) is 1.92. The van der Waals surface area contributed by atoms with Crippen LogP contribution in [0.5, 0.6) is 11.5 Å². The third-order valence-corrected chi connectivity index (χ3v) is 7.82. The van der Waals surface area contributed by atoms with Gasteiger partial charge in [-0.25, -0.2) is 8.42 Å². The summed E-state index contributed by atoms with van der Waals surface area (Å²) < 4.78 is 38.4. The highest BCUT2D eigenvalue weighted by atomic mass is 79.9. The lowest BCUT2D eigenvalue weighted by Crippen LogP contribution is -2.53. The molecular weight excluding hydrogens is 586 g/mol. The maximum absolute atomic E-state index is 14.0. The van der Waals surface area contributed by atoms with E-state index in [2.05, 4.69) is 21.2 Å². The normalized spacial score (nSPS) is 13.0. The van der Waals surface area contributed by atoms with Crippen LogP contribution in [-0.4, -0.2) is 57.3 Å². The Bertz CT molecular complexity index is 1430. The Kier molecular flexibility index (Phi) is 9.13. The number of sulfonamides is 1. The zero-order valence-corrected chi connectivity index (χ0v) is 24.1. The molecule has 0 saturated heterocycles. The van der Waals surface area contributed by atoms with Crippen molar-refractivity contribution < 1.29 is 27.5 Å². The van der Waals surface area contributed by atoms with E-state index in [1.807, 2.05) is 61.5 Å². The predicted octanol–water partition coefficient (Wildman–Crippen LogP) is 3.72. The zero-order chi connectivity index (χ0) is 28.0. The monoisotopic (exact) mass is 615 g/mol. The second-order valence-corrected chi connectivity index (χ2v) is 11.9. The van der Waals surface area contributed by atoms with Crippen molar-refractivity contribution in [1.29, 1.82) is 0 Å². The molecule has 1 N–H and O–H groups in total. The van der Waals surface area contributed by atoms with Crippen molar-refractivity contribution in [3.8, 4) is 11.5 Å². The highest BCUT2D eigenvalue weighted by Crippen LogP contribution is 2.36. The molecule has 9 nitrogen and oxygen atoms in total. The number of hydrogen-bond donors (Lipinski definition) is 1. The van der Waals surface area contributed by atoms with Crippen LogP contribution in [0, 0.1) is 0 Å². The fraction of sp³-hybridized carbons (Fsp3) is 0.286. The van der Waals surface area contributed by atoms with Gasteiger partial charge in [0.1, 0.15) is 12.6 Å². The van der Waals surface area contributed by atoms with Gasteiger partial charge in [-0.05, 0) is 42.3 Å². The Morgan fingerprint density at radius 1 is 0.974 bits per heavy atom. The van der Waals surface area contributed by atoms with E-state index in [9.17, 15) is 18.0 Å². The minimum absolute atomic E-state index is 0.0325. The molecule has 0 saturated carbocycles. The quantitative estimate of drug-likeness (QED) is 0.352. The Hall–Kier alpha value is -3.57. The van der Waals surface area contributed by atoms with Gasteiger partial charge in [-0.1, -0.05) is 58.4 Å². The summed E-state index contributed by atoms with van der Waals surface area (Å²) in [6.07, 6.45) is 1.30. The topological polar surface area (TPSA) is 105 Å². The van der Waals surface area contributed by atoms with Crippen molar-refractivity contribution in [3.05, 3.63) is 88.4 Å². The van der Waals surface area contributed by atoms with Crippen LogP contribution in [0.1, 0.15) is 18.1 Å². The number of carbonyl (C=O) groups excluding carboxylic acids is 2. The second kappa shape index (κ2) is 12.5. The lowest BCUT2D eigenvalue weighted by atomic mass is 10.0. The minimum Gasteiger partial charge on any atom is -0.454 e. The lowest BCUT2D eigenvalue weighted by Gasteiger charge is -2.33. The van der Waals surface area contributed by atoms with Gasteiger partial charge in [-0.2, -0.15) is 0 Å². The van der Waals surface area contributed by atoms with E-state index in [0.717, 1.165) is 26.2 Å². The van der Waals surface area contributed by atoms with Crippen LogP contribution in [0.25, 0.3) is 0 Å². The van der Waals surface area contributed by atoms with Gasteiger partial charge in [0.25, 0.3) is 0 Å². The van der Waals surface area contributed by atoms with Crippen molar-refractivity contribution >= 4 is 43.5 Å². The molecule has 1 heterocycles. The number of halogens is 1. The average Bonchev–Trinajstić information content (AvgIpc) is 3.37. The Morgan fingerprint density at radius 3 is 2.38 bits per heavy atom. The molecular formula is C28H30BrN3O6S. The summed E-state index contributed by atoms with van der Waals surface area (Å²) in [4.78, 5) is 28.8. The number of rotatable bonds is 11. The van der Waals surface area contributed by atoms with Crippen LogP contribution in [0.4, 0.5) is 5.69 Å². The fourth-order valence-corrected chi connectivity index (χ4v) is 5.62. The molecule has 0 aliphatic carbocycles. The van der Waals surface area contributed by atoms with Crippen molar-refractivity contribution in [1.82, 2.24) is 10.2 Å². The molecule has 0 aromatic heterocycles. The third kappa shape index (κ3) is 7.30. The maximum Gasteiger partial charge on any atom is 0.244 e. The van der Waals surface area contributed by atoms with Crippen LogP contribution in [0.2, 0.25) is 0 Å². The maximum atomic E-state index is 14.0. The van der Waals surface area contributed by atoms with Crippen LogP contribution < -0.4 is 19.1 Å². The molecule has 2 amide bonds. The van der Waals surface area contributed by atoms with Gasteiger partial charge in [0.05, 0.1) is 11.9 Å². The van der Waals surface area contributed by atoms with Gasteiger partial charge in [0.15, 0.2) is 11.5 Å². The molecule has 206 valence electrons. The molecule has 3 aromatic carbocycles. The number of likely N-dealkylation sites (N-methyl/N-ethyl adjacent to an activating group) is 1. The molecule has 0 radical (unpaired) electrons. The molecule has 0 bridgehead atoms. The van der Waals surface area contributed by atoms with Gasteiger partial charge >= 0.3 is 0 Å². The Morgan fingerprint density at radius 2 is 1.69 bits per heavy atom. The number of nitrogens with one attached hydrogen (secondary N) is 1. The van der Waals surface area contributed by atoms with Crippen LogP contribution in [0.3, 0.4) is 0 Å². The van der Waals surface area contributed by atoms with Gasteiger partial charge in [0, 0.05) is 30.0 Å². The standard InChI is InChI=1S/C28H30BrN3O6S/c1-3-30-28(34)24(15-20-8-5-4-6-9-20)31(17-21-10-7-11-22(29)14-21)27(33)18-32(39(2,35)36)23-12-13-25-26(16-23)38-19-37-25/h4-14,16,24H,3,15,17-19H2,1-2H3,(H,30,34). The second-order valence-electron chi connectivity index (χ2n) is 9.06. The number of ether oxygens (including phenoxy) is 2. The molecule has 1 unspecified atom stereocenters. The first-order valence-electron chi connectivity index (χ1n) is 12.4. The number of nitrogens with zero attached hydrogens (tertiary/aromatic N) is 2. The van der Waals surface area contributed by atoms with Crippen molar-refractivity contribution in [2.45, 2.75) is 25.9 Å². The summed E-state index contributed by atoms with van der Waals surface area (Å²) in [7, 11) is -3.88. The van der Waals surface area contributed by atoms with Crippen molar-refractivity contribution in [2.75, 3.05) is 30.4 Å². The third-order valence-electron chi connectivity index (χ3n) is 6.19. The van der Waals surface area contributed by atoms with Gasteiger partial charge in [-0.3, -0.25) is 13.9 Å².